The van der Waals surface area contributed by atoms with Crippen molar-refractivity contribution in [2.75, 3.05) is 13.1 Å². The Balaban J connectivity index is 1.91. The molecule has 0 atom stereocenters. The van der Waals surface area contributed by atoms with Crippen molar-refractivity contribution in [2.45, 2.75) is 20.3 Å². The molecule has 0 heterocycles. The van der Waals surface area contributed by atoms with Gasteiger partial charge in [-0.15, -0.1) is 0 Å². The fraction of sp³-hybridized carbons (Fsp3) is 0.263. The summed E-state index contributed by atoms with van der Waals surface area (Å²) < 4.78 is 0. The van der Waals surface area contributed by atoms with E-state index in [0.717, 1.165) is 0 Å². The second-order valence-corrected chi connectivity index (χ2v) is 5.69. The first-order chi connectivity index (χ1) is 11.9. The quantitative estimate of drug-likeness (QED) is 0.478. The molecule has 0 saturated heterocycles. The zero-order chi connectivity index (χ0) is 18.4. The summed E-state index contributed by atoms with van der Waals surface area (Å²) in [5.41, 5.74) is 2.56. The number of hydrogen-bond acceptors (Lipinski definition) is 6. The first-order valence-corrected chi connectivity index (χ1v) is 7.95. The van der Waals surface area contributed by atoms with Crippen molar-refractivity contribution in [2.24, 2.45) is 9.98 Å². The fourth-order valence-electron chi connectivity index (χ4n) is 2.39. The van der Waals surface area contributed by atoms with Crippen LogP contribution in [0.3, 0.4) is 0 Å². The van der Waals surface area contributed by atoms with E-state index >= 15 is 0 Å². The van der Waals surface area contributed by atoms with Crippen LogP contribution in [0.4, 0.5) is 0 Å². The molecule has 0 bridgehead atoms. The summed E-state index contributed by atoms with van der Waals surface area (Å²) in [5, 5.41) is 38.2. The van der Waals surface area contributed by atoms with Crippen LogP contribution in [-0.2, 0) is 0 Å². The molecule has 0 amide bonds. The van der Waals surface area contributed by atoms with E-state index in [-0.39, 0.29) is 23.0 Å². The fourth-order valence-corrected chi connectivity index (χ4v) is 2.39. The van der Waals surface area contributed by atoms with Crippen molar-refractivity contribution in [3.8, 4) is 23.0 Å². The standard InChI is InChI=1S/C19H22N2O4/c1-12(16-6-4-14(22)10-18(16)24)20-8-3-9-21-13(2)17-7-5-15(23)11-19(17)25/h4-7,10-11,22-25H,3,8-9H2,1-2H3. The number of hydrogen-bond donors (Lipinski definition) is 4. The highest BCUT2D eigenvalue weighted by atomic mass is 16.3. The zero-order valence-electron chi connectivity index (χ0n) is 14.3. The Morgan fingerprint density at radius 2 is 1.12 bits per heavy atom. The minimum absolute atomic E-state index is 0.00193. The molecule has 6 nitrogen and oxygen atoms in total. The molecule has 0 spiro atoms. The Bertz CT molecular complexity index is 746. The van der Waals surface area contributed by atoms with Gasteiger partial charge in [0.05, 0.1) is 0 Å². The highest BCUT2D eigenvalue weighted by molar-refractivity contribution is 6.01. The monoisotopic (exact) mass is 342 g/mol. The summed E-state index contributed by atoms with van der Waals surface area (Å²) in [6.07, 6.45) is 0.715. The van der Waals surface area contributed by atoms with Crippen molar-refractivity contribution >= 4 is 11.4 Å². The maximum atomic E-state index is 9.80. The Morgan fingerprint density at radius 1 is 0.720 bits per heavy atom. The van der Waals surface area contributed by atoms with Gasteiger partial charge in [0.15, 0.2) is 0 Å². The SMILES string of the molecule is CC(=NCCCN=C(C)c1ccc(O)cc1O)c1ccc(O)cc1O. The Morgan fingerprint density at radius 3 is 1.48 bits per heavy atom. The van der Waals surface area contributed by atoms with Gasteiger partial charge in [0, 0.05) is 47.8 Å². The molecule has 0 aliphatic carbocycles. The third-order valence-electron chi connectivity index (χ3n) is 3.76. The van der Waals surface area contributed by atoms with Crippen molar-refractivity contribution in [1.82, 2.24) is 0 Å². The number of rotatable bonds is 6. The smallest absolute Gasteiger partial charge is 0.128 e. The van der Waals surface area contributed by atoms with Gasteiger partial charge in [-0.3, -0.25) is 9.98 Å². The average Bonchev–Trinajstić information content (AvgIpc) is 2.54. The average molecular weight is 342 g/mol. The van der Waals surface area contributed by atoms with E-state index in [1.54, 1.807) is 26.0 Å². The van der Waals surface area contributed by atoms with Crippen LogP contribution < -0.4 is 0 Å². The molecule has 0 unspecified atom stereocenters. The topological polar surface area (TPSA) is 106 Å². The lowest BCUT2D eigenvalue weighted by Gasteiger charge is -2.06. The minimum Gasteiger partial charge on any atom is -0.508 e. The van der Waals surface area contributed by atoms with Gasteiger partial charge in [-0.1, -0.05) is 0 Å². The first-order valence-electron chi connectivity index (χ1n) is 7.95. The molecule has 132 valence electrons. The summed E-state index contributed by atoms with van der Waals surface area (Å²) in [7, 11) is 0. The summed E-state index contributed by atoms with van der Waals surface area (Å²) in [6.45, 7) is 4.69. The Kier molecular flexibility index (Phi) is 6.00. The number of phenols is 4. The maximum absolute atomic E-state index is 9.80. The van der Waals surface area contributed by atoms with Crippen LogP contribution in [0.2, 0.25) is 0 Å². The van der Waals surface area contributed by atoms with Gasteiger partial charge in [0.1, 0.15) is 23.0 Å². The van der Waals surface area contributed by atoms with Gasteiger partial charge in [-0.25, -0.2) is 0 Å². The van der Waals surface area contributed by atoms with Gasteiger partial charge >= 0.3 is 0 Å². The van der Waals surface area contributed by atoms with E-state index in [4.69, 9.17) is 0 Å². The van der Waals surface area contributed by atoms with Crippen LogP contribution in [0.5, 0.6) is 23.0 Å². The highest BCUT2D eigenvalue weighted by Crippen LogP contribution is 2.24. The van der Waals surface area contributed by atoms with Crippen LogP contribution in [-0.4, -0.2) is 44.9 Å². The molecule has 25 heavy (non-hydrogen) atoms. The summed E-state index contributed by atoms with van der Waals surface area (Å²) in [5.74, 6) is 0.0172. The lowest BCUT2D eigenvalue weighted by Crippen LogP contribution is -2.00. The summed E-state index contributed by atoms with van der Waals surface area (Å²) in [6, 6.07) is 8.83. The highest BCUT2D eigenvalue weighted by Gasteiger charge is 2.06. The molecule has 0 radical (unpaired) electrons. The van der Waals surface area contributed by atoms with E-state index in [9.17, 15) is 20.4 Å². The zero-order valence-corrected chi connectivity index (χ0v) is 14.3. The predicted octanol–water partition coefficient (Wildman–Crippen LogP) is 3.22. The van der Waals surface area contributed by atoms with Gasteiger partial charge in [0.25, 0.3) is 0 Å². The second-order valence-electron chi connectivity index (χ2n) is 5.69. The number of aromatic hydroxyl groups is 4. The van der Waals surface area contributed by atoms with E-state index in [1.807, 2.05) is 0 Å². The van der Waals surface area contributed by atoms with E-state index in [1.165, 1.54) is 24.3 Å². The number of nitrogens with zero attached hydrogens (tertiary/aromatic N) is 2. The molecule has 0 fully saturated rings. The molecule has 6 heteroatoms. The maximum Gasteiger partial charge on any atom is 0.128 e. The first kappa shape index (κ1) is 18.3. The van der Waals surface area contributed by atoms with Crippen LogP contribution in [0.1, 0.15) is 31.4 Å². The van der Waals surface area contributed by atoms with Crippen LogP contribution in [0.15, 0.2) is 46.4 Å². The van der Waals surface area contributed by atoms with Crippen LogP contribution in [0.25, 0.3) is 0 Å². The van der Waals surface area contributed by atoms with E-state index < -0.39 is 0 Å². The number of phenolic OH excluding ortho intramolecular Hbond substituents is 4. The summed E-state index contributed by atoms with van der Waals surface area (Å²) >= 11 is 0. The predicted molar refractivity (Wildman–Crippen MR) is 98.3 cm³/mol. The minimum atomic E-state index is -0.00193. The molecule has 2 aromatic carbocycles. The number of aliphatic imine (C=N–C) groups is 2. The van der Waals surface area contributed by atoms with Crippen molar-refractivity contribution in [3.05, 3.63) is 47.5 Å². The molecular formula is C19H22N2O4. The normalized spacial score (nSPS) is 12.4. The molecule has 4 N–H and O–H groups in total. The van der Waals surface area contributed by atoms with Crippen LogP contribution in [0, 0.1) is 0 Å². The third-order valence-corrected chi connectivity index (χ3v) is 3.76. The van der Waals surface area contributed by atoms with Gasteiger partial charge in [-0.2, -0.15) is 0 Å². The molecule has 0 saturated carbocycles. The molecule has 0 aliphatic heterocycles. The van der Waals surface area contributed by atoms with Crippen molar-refractivity contribution < 1.29 is 20.4 Å². The largest absolute Gasteiger partial charge is 0.508 e. The van der Waals surface area contributed by atoms with E-state index in [0.29, 0.717) is 42.1 Å². The molecular weight excluding hydrogens is 320 g/mol. The Labute approximate surface area is 146 Å². The molecule has 0 aliphatic rings. The lowest BCUT2D eigenvalue weighted by atomic mass is 10.1. The molecule has 2 aromatic rings. The second kappa shape index (κ2) is 8.19. The van der Waals surface area contributed by atoms with Gasteiger partial charge in [-0.05, 0) is 44.5 Å². The van der Waals surface area contributed by atoms with Gasteiger partial charge in [0.2, 0.25) is 0 Å². The van der Waals surface area contributed by atoms with E-state index in [2.05, 4.69) is 9.98 Å². The number of benzene rings is 2. The van der Waals surface area contributed by atoms with Gasteiger partial charge < -0.3 is 20.4 Å². The molecule has 0 aromatic heterocycles. The summed E-state index contributed by atoms with van der Waals surface area (Å²) in [4.78, 5) is 8.81. The molecule has 2 rings (SSSR count). The third kappa shape index (κ3) is 4.97. The van der Waals surface area contributed by atoms with Crippen molar-refractivity contribution in [1.29, 1.82) is 0 Å². The van der Waals surface area contributed by atoms with Crippen molar-refractivity contribution in [3.63, 3.8) is 0 Å². The lowest BCUT2D eigenvalue weighted by molar-refractivity contribution is 0.448. The Hall–Kier alpha value is -3.02. The van der Waals surface area contributed by atoms with Crippen LogP contribution >= 0.6 is 0 Å².